The number of ether oxygens (including phenoxy) is 2. The number of hydrazone groups is 1. The van der Waals surface area contributed by atoms with Crippen LogP contribution in [0.3, 0.4) is 0 Å². The summed E-state index contributed by atoms with van der Waals surface area (Å²) in [5, 5.41) is 8.69. The number of nitrogens with two attached hydrogens (primary N) is 1. The molecule has 0 unspecified atom stereocenters. The summed E-state index contributed by atoms with van der Waals surface area (Å²) in [6, 6.07) is 9.80. The van der Waals surface area contributed by atoms with Gasteiger partial charge < -0.3 is 15.2 Å². The van der Waals surface area contributed by atoms with E-state index in [1.165, 1.54) is 11.3 Å². The molecule has 0 fully saturated rings. The molecule has 3 N–H and O–H groups in total. The number of benzene rings is 2. The fourth-order valence-electron chi connectivity index (χ4n) is 2.23. The highest BCUT2D eigenvalue weighted by Gasteiger charge is 2.08. The molecular formula is C16H16N4O2S. The number of fused-ring (bicyclic) bond motifs is 1. The number of hydrogen-bond donors (Lipinski definition) is 2. The summed E-state index contributed by atoms with van der Waals surface area (Å²) >= 11 is 1.39. The van der Waals surface area contributed by atoms with Gasteiger partial charge in [0.1, 0.15) is 17.3 Å². The van der Waals surface area contributed by atoms with Gasteiger partial charge in [0.2, 0.25) is 5.13 Å². The predicted octanol–water partition coefficient (Wildman–Crippen LogP) is 3.34. The van der Waals surface area contributed by atoms with Crippen molar-refractivity contribution in [3.8, 4) is 11.5 Å². The van der Waals surface area contributed by atoms with E-state index in [1.54, 1.807) is 25.8 Å². The van der Waals surface area contributed by atoms with E-state index in [0.717, 1.165) is 27.8 Å². The lowest BCUT2D eigenvalue weighted by Crippen LogP contribution is -1.96. The molecule has 0 amide bonds. The normalized spacial score (nSPS) is 11.0. The van der Waals surface area contributed by atoms with Crippen LogP contribution >= 0.6 is 11.3 Å². The summed E-state index contributed by atoms with van der Waals surface area (Å²) in [7, 11) is 3.27. The number of methoxy groups -OCH3 is 2. The van der Waals surface area contributed by atoms with Crippen LogP contribution in [0.2, 0.25) is 0 Å². The van der Waals surface area contributed by atoms with Crippen molar-refractivity contribution in [2.45, 2.75) is 0 Å². The van der Waals surface area contributed by atoms with Crippen molar-refractivity contribution < 1.29 is 9.47 Å². The third-order valence-corrected chi connectivity index (χ3v) is 4.09. The fourth-order valence-corrected chi connectivity index (χ4v) is 2.78. The Hall–Kier alpha value is -2.80. The second-order valence-corrected chi connectivity index (χ2v) is 5.57. The van der Waals surface area contributed by atoms with Crippen LogP contribution in [0, 0.1) is 0 Å². The summed E-state index contributed by atoms with van der Waals surface area (Å²) in [5.41, 5.74) is 9.32. The van der Waals surface area contributed by atoms with Crippen molar-refractivity contribution in [1.29, 1.82) is 0 Å². The SMILES string of the molecule is COc1ccc2ccc(OC)c(C=NNc3nc(N)cs3)c2c1. The van der Waals surface area contributed by atoms with E-state index in [0.29, 0.717) is 10.9 Å². The van der Waals surface area contributed by atoms with Crippen LogP contribution in [0.25, 0.3) is 10.8 Å². The molecule has 1 heterocycles. The number of aromatic nitrogens is 1. The molecule has 0 saturated heterocycles. The number of nitrogens with zero attached hydrogens (tertiary/aromatic N) is 2. The Morgan fingerprint density at radius 3 is 2.74 bits per heavy atom. The summed E-state index contributed by atoms with van der Waals surface area (Å²) in [5.74, 6) is 1.98. The zero-order chi connectivity index (χ0) is 16.2. The number of anilines is 2. The van der Waals surface area contributed by atoms with Crippen LogP contribution in [0.5, 0.6) is 11.5 Å². The largest absolute Gasteiger partial charge is 0.497 e. The third kappa shape index (κ3) is 3.19. The first-order valence-corrected chi connectivity index (χ1v) is 7.74. The van der Waals surface area contributed by atoms with Crippen LogP contribution in [0.4, 0.5) is 10.9 Å². The molecule has 0 aliphatic rings. The quantitative estimate of drug-likeness (QED) is 0.554. The summed E-state index contributed by atoms with van der Waals surface area (Å²) < 4.78 is 10.7. The number of thiazole rings is 1. The monoisotopic (exact) mass is 328 g/mol. The maximum Gasteiger partial charge on any atom is 0.205 e. The van der Waals surface area contributed by atoms with Gasteiger partial charge in [-0.1, -0.05) is 12.1 Å². The molecular weight excluding hydrogens is 312 g/mol. The topological polar surface area (TPSA) is 81.8 Å². The molecule has 0 aliphatic heterocycles. The molecule has 0 atom stereocenters. The summed E-state index contributed by atoms with van der Waals surface area (Å²) in [6.45, 7) is 0. The van der Waals surface area contributed by atoms with Gasteiger partial charge in [0, 0.05) is 10.9 Å². The van der Waals surface area contributed by atoms with Gasteiger partial charge >= 0.3 is 0 Å². The smallest absolute Gasteiger partial charge is 0.205 e. The van der Waals surface area contributed by atoms with E-state index in [-0.39, 0.29) is 0 Å². The number of rotatable bonds is 5. The lowest BCUT2D eigenvalue weighted by molar-refractivity contribution is 0.413. The fraction of sp³-hybridized carbons (Fsp3) is 0.125. The average molecular weight is 328 g/mol. The van der Waals surface area contributed by atoms with E-state index in [2.05, 4.69) is 15.5 Å². The van der Waals surface area contributed by atoms with Gasteiger partial charge in [-0.2, -0.15) is 5.10 Å². The number of hydrogen-bond acceptors (Lipinski definition) is 7. The molecule has 2 aromatic carbocycles. The highest BCUT2D eigenvalue weighted by molar-refractivity contribution is 7.14. The predicted molar refractivity (Wildman–Crippen MR) is 94.8 cm³/mol. The van der Waals surface area contributed by atoms with Crippen LogP contribution in [-0.2, 0) is 0 Å². The number of nitrogen functional groups attached to an aromatic ring is 1. The van der Waals surface area contributed by atoms with Gasteiger partial charge in [-0.15, -0.1) is 11.3 Å². The van der Waals surface area contributed by atoms with Gasteiger partial charge in [0.15, 0.2) is 0 Å². The van der Waals surface area contributed by atoms with E-state index in [1.807, 2.05) is 30.3 Å². The van der Waals surface area contributed by atoms with Crippen LogP contribution in [0.1, 0.15) is 5.56 Å². The maximum atomic E-state index is 5.59. The summed E-state index contributed by atoms with van der Waals surface area (Å²) in [6.07, 6.45) is 1.71. The van der Waals surface area contributed by atoms with Gasteiger partial charge in [-0.05, 0) is 29.0 Å². The van der Waals surface area contributed by atoms with Gasteiger partial charge in [-0.25, -0.2) is 4.98 Å². The number of nitrogens with one attached hydrogen (secondary N) is 1. The Balaban J connectivity index is 1.99. The molecule has 0 bridgehead atoms. The first-order chi connectivity index (χ1) is 11.2. The molecule has 7 heteroatoms. The van der Waals surface area contributed by atoms with Crippen molar-refractivity contribution in [3.05, 3.63) is 41.3 Å². The lowest BCUT2D eigenvalue weighted by atomic mass is 10.0. The van der Waals surface area contributed by atoms with Crippen molar-refractivity contribution in [2.75, 3.05) is 25.4 Å². The molecule has 0 spiro atoms. The maximum absolute atomic E-state index is 5.59. The Morgan fingerprint density at radius 1 is 1.22 bits per heavy atom. The minimum absolute atomic E-state index is 0.472. The van der Waals surface area contributed by atoms with Crippen LogP contribution in [-0.4, -0.2) is 25.4 Å². The standard InChI is InChI=1S/C16H16N4O2S/c1-21-11-5-3-10-4-6-14(22-2)13(12(10)7-11)8-18-20-16-19-15(17)9-23-16/h3-9H,17H2,1-2H3,(H,19,20). The minimum atomic E-state index is 0.472. The van der Waals surface area contributed by atoms with E-state index in [4.69, 9.17) is 15.2 Å². The van der Waals surface area contributed by atoms with E-state index >= 15 is 0 Å². The van der Waals surface area contributed by atoms with E-state index < -0.39 is 0 Å². The first-order valence-electron chi connectivity index (χ1n) is 6.86. The highest BCUT2D eigenvalue weighted by Crippen LogP contribution is 2.29. The lowest BCUT2D eigenvalue weighted by Gasteiger charge is -2.10. The minimum Gasteiger partial charge on any atom is -0.497 e. The zero-order valence-corrected chi connectivity index (χ0v) is 13.6. The first kappa shape index (κ1) is 15.1. The van der Waals surface area contributed by atoms with Crippen LogP contribution < -0.4 is 20.6 Å². The second kappa shape index (κ2) is 6.53. The van der Waals surface area contributed by atoms with Crippen LogP contribution in [0.15, 0.2) is 40.8 Å². The second-order valence-electron chi connectivity index (χ2n) is 4.72. The molecule has 1 aromatic heterocycles. The van der Waals surface area contributed by atoms with Crippen molar-refractivity contribution in [3.63, 3.8) is 0 Å². The van der Waals surface area contributed by atoms with Gasteiger partial charge in [0.05, 0.1) is 20.4 Å². The molecule has 0 saturated carbocycles. The van der Waals surface area contributed by atoms with E-state index in [9.17, 15) is 0 Å². The highest BCUT2D eigenvalue weighted by atomic mass is 32.1. The Labute approximate surface area is 137 Å². The molecule has 3 rings (SSSR count). The summed E-state index contributed by atoms with van der Waals surface area (Å²) in [4.78, 5) is 4.09. The molecule has 0 radical (unpaired) electrons. The molecule has 23 heavy (non-hydrogen) atoms. The van der Waals surface area contributed by atoms with Crippen molar-refractivity contribution in [1.82, 2.24) is 4.98 Å². The molecule has 0 aliphatic carbocycles. The zero-order valence-electron chi connectivity index (χ0n) is 12.7. The molecule has 6 nitrogen and oxygen atoms in total. The van der Waals surface area contributed by atoms with Gasteiger partial charge in [-0.3, -0.25) is 5.43 Å². The molecule has 3 aromatic rings. The Bertz CT molecular complexity index is 855. The van der Waals surface area contributed by atoms with Crippen molar-refractivity contribution >= 4 is 39.3 Å². The Morgan fingerprint density at radius 2 is 2.04 bits per heavy atom. The molecule has 118 valence electrons. The van der Waals surface area contributed by atoms with Gasteiger partial charge in [0.25, 0.3) is 0 Å². The third-order valence-electron chi connectivity index (χ3n) is 3.33. The Kier molecular flexibility index (Phi) is 4.29. The van der Waals surface area contributed by atoms with Crippen molar-refractivity contribution in [2.24, 2.45) is 5.10 Å². The average Bonchev–Trinajstić information content (AvgIpc) is 2.99.